The summed E-state index contributed by atoms with van der Waals surface area (Å²) in [5, 5.41) is 9.03. The van der Waals surface area contributed by atoms with Gasteiger partial charge in [0.15, 0.2) is 5.96 Å². The van der Waals surface area contributed by atoms with E-state index in [9.17, 15) is 4.79 Å². The average Bonchev–Trinajstić information content (AvgIpc) is 2.47. The van der Waals surface area contributed by atoms with Crippen molar-refractivity contribution < 1.29 is 4.79 Å². The van der Waals surface area contributed by atoms with Crippen molar-refractivity contribution in [3.05, 3.63) is 30.3 Å². The maximum absolute atomic E-state index is 11.8. The minimum Gasteiger partial charge on any atom is -0.356 e. The third-order valence-electron chi connectivity index (χ3n) is 2.95. The van der Waals surface area contributed by atoms with Crippen molar-refractivity contribution in [1.82, 2.24) is 10.6 Å². The molecule has 0 spiro atoms. The molecule has 0 unspecified atom stereocenters. The summed E-state index contributed by atoms with van der Waals surface area (Å²) in [6.45, 7) is 5.47. The van der Waals surface area contributed by atoms with Crippen molar-refractivity contribution in [3.63, 3.8) is 0 Å². The SMILES string of the molecule is CN=C(NCCCC(C)C)NCC(=O)Nc1ccccc1.I. The van der Waals surface area contributed by atoms with Crippen molar-refractivity contribution in [2.75, 3.05) is 25.5 Å². The van der Waals surface area contributed by atoms with Crippen LogP contribution in [0.3, 0.4) is 0 Å². The molecule has 0 aromatic heterocycles. The van der Waals surface area contributed by atoms with Gasteiger partial charge in [0.2, 0.25) is 5.91 Å². The molecular formula is C16H27IN4O. The van der Waals surface area contributed by atoms with E-state index in [1.165, 1.54) is 6.42 Å². The zero-order chi connectivity index (χ0) is 15.5. The molecule has 0 aliphatic heterocycles. The lowest BCUT2D eigenvalue weighted by Crippen LogP contribution is -2.41. The standard InChI is InChI=1S/C16H26N4O.HI/c1-13(2)8-7-11-18-16(17-3)19-12-15(21)20-14-9-5-4-6-10-14;/h4-6,9-10,13H,7-8,11-12H2,1-3H3,(H,20,21)(H2,17,18,19);1H. The van der Waals surface area contributed by atoms with E-state index < -0.39 is 0 Å². The Morgan fingerprint density at radius 1 is 1.18 bits per heavy atom. The number of nitrogens with one attached hydrogen (secondary N) is 3. The Labute approximate surface area is 150 Å². The molecule has 0 saturated heterocycles. The number of hydrogen-bond acceptors (Lipinski definition) is 2. The summed E-state index contributed by atoms with van der Waals surface area (Å²) in [6, 6.07) is 9.40. The highest BCUT2D eigenvalue weighted by atomic mass is 127. The van der Waals surface area contributed by atoms with Crippen LogP contribution in [-0.2, 0) is 4.79 Å². The van der Waals surface area contributed by atoms with Gasteiger partial charge in [0, 0.05) is 19.3 Å². The zero-order valence-corrected chi connectivity index (χ0v) is 15.9. The van der Waals surface area contributed by atoms with Crippen molar-refractivity contribution in [3.8, 4) is 0 Å². The number of hydrogen-bond donors (Lipinski definition) is 3. The molecule has 0 saturated carbocycles. The molecule has 1 amide bonds. The van der Waals surface area contributed by atoms with Gasteiger partial charge in [-0.2, -0.15) is 0 Å². The van der Waals surface area contributed by atoms with Gasteiger partial charge in [-0.25, -0.2) is 0 Å². The van der Waals surface area contributed by atoms with E-state index in [0.717, 1.165) is 18.7 Å². The fraction of sp³-hybridized carbons (Fsp3) is 0.500. The van der Waals surface area contributed by atoms with E-state index >= 15 is 0 Å². The van der Waals surface area contributed by atoms with Crippen molar-refractivity contribution in [2.24, 2.45) is 10.9 Å². The van der Waals surface area contributed by atoms with Gasteiger partial charge in [-0.1, -0.05) is 32.0 Å². The van der Waals surface area contributed by atoms with Gasteiger partial charge >= 0.3 is 0 Å². The smallest absolute Gasteiger partial charge is 0.243 e. The van der Waals surface area contributed by atoms with Crippen LogP contribution in [0.4, 0.5) is 5.69 Å². The molecule has 1 rings (SSSR count). The lowest BCUT2D eigenvalue weighted by molar-refractivity contribution is -0.115. The summed E-state index contributed by atoms with van der Waals surface area (Å²) in [5.74, 6) is 1.27. The third kappa shape index (κ3) is 9.59. The van der Waals surface area contributed by atoms with Gasteiger partial charge in [-0.3, -0.25) is 9.79 Å². The molecule has 0 fully saturated rings. The van der Waals surface area contributed by atoms with Crippen LogP contribution in [0.1, 0.15) is 26.7 Å². The van der Waals surface area contributed by atoms with Gasteiger partial charge in [0.05, 0.1) is 6.54 Å². The first-order chi connectivity index (χ1) is 10.1. The summed E-state index contributed by atoms with van der Waals surface area (Å²) < 4.78 is 0. The summed E-state index contributed by atoms with van der Waals surface area (Å²) in [4.78, 5) is 15.9. The number of halogens is 1. The number of carbonyl (C=O) groups excluding carboxylic acids is 1. The van der Waals surface area contributed by atoms with Crippen molar-refractivity contribution in [2.45, 2.75) is 26.7 Å². The molecule has 5 nitrogen and oxygen atoms in total. The second-order valence-electron chi connectivity index (χ2n) is 5.30. The summed E-state index contributed by atoms with van der Waals surface area (Å²) in [6.07, 6.45) is 2.27. The first-order valence-corrected chi connectivity index (χ1v) is 7.41. The Morgan fingerprint density at radius 2 is 1.86 bits per heavy atom. The number of amides is 1. The molecule has 0 atom stereocenters. The minimum absolute atomic E-state index is 0. The number of guanidine groups is 1. The van der Waals surface area contributed by atoms with Gasteiger partial charge in [0.1, 0.15) is 0 Å². The molecule has 1 aromatic rings. The maximum atomic E-state index is 11.8. The Morgan fingerprint density at radius 3 is 2.45 bits per heavy atom. The third-order valence-corrected chi connectivity index (χ3v) is 2.95. The molecule has 0 bridgehead atoms. The first-order valence-electron chi connectivity index (χ1n) is 7.41. The number of nitrogens with zero attached hydrogens (tertiary/aromatic N) is 1. The molecule has 22 heavy (non-hydrogen) atoms. The predicted molar refractivity (Wildman–Crippen MR) is 104 cm³/mol. The van der Waals surface area contributed by atoms with Crippen LogP contribution < -0.4 is 16.0 Å². The normalized spacial score (nSPS) is 10.8. The van der Waals surface area contributed by atoms with Gasteiger partial charge < -0.3 is 16.0 Å². The number of para-hydroxylation sites is 1. The predicted octanol–water partition coefficient (Wildman–Crippen LogP) is 2.84. The lowest BCUT2D eigenvalue weighted by atomic mass is 10.1. The molecule has 0 aliphatic carbocycles. The van der Waals surface area contributed by atoms with E-state index in [0.29, 0.717) is 11.9 Å². The molecule has 0 heterocycles. The highest BCUT2D eigenvalue weighted by molar-refractivity contribution is 14.0. The Balaban J connectivity index is 0.00000441. The summed E-state index contributed by atoms with van der Waals surface area (Å²) in [5.41, 5.74) is 0.796. The molecule has 3 N–H and O–H groups in total. The van der Waals surface area contributed by atoms with Crippen LogP contribution in [0, 0.1) is 5.92 Å². The second-order valence-corrected chi connectivity index (χ2v) is 5.30. The van der Waals surface area contributed by atoms with Gasteiger partial charge in [-0.05, 0) is 30.9 Å². The highest BCUT2D eigenvalue weighted by Crippen LogP contribution is 2.04. The first kappa shape index (κ1) is 20.7. The largest absolute Gasteiger partial charge is 0.356 e. The van der Waals surface area contributed by atoms with Crippen LogP contribution in [0.2, 0.25) is 0 Å². The van der Waals surface area contributed by atoms with Gasteiger partial charge in [-0.15, -0.1) is 24.0 Å². The molecule has 1 aromatic carbocycles. The minimum atomic E-state index is -0.0914. The molecule has 6 heteroatoms. The quantitative estimate of drug-likeness (QED) is 0.276. The Kier molecular flexibility index (Phi) is 11.5. The topological polar surface area (TPSA) is 65.5 Å². The van der Waals surface area contributed by atoms with Crippen LogP contribution >= 0.6 is 24.0 Å². The zero-order valence-electron chi connectivity index (χ0n) is 13.6. The fourth-order valence-corrected chi connectivity index (χ4v) is 1.83. The van der Waals surface area contributed by atoms with Crippen LogP contribution in [-0.4, -0.2) is 32.0 Å². The fourth-order valence-electron chi connectivity index (χ4n) is 1.83. The van der Waals surface area contributed by atoms with E-state index in [2.05, 4.69) is 34.8 Å². The van der Waals surface area contributed by atoms with E-state index in [-0.39, 0.29) is 36.4 Å². The summed E-state index contributed by atoms with van der Waals surface area (Å²) in [7, 11) is 1.70. The highest BCUT2D eigenvalue weighted by Gasteiger charge is 2.04. The van der Waals surface area contributed by atoms with Crippen LogP contribution in [0.5, 0.6) is 0 Å². The monoisotopic (exact) mass is 418 g/mol. The van der Waals surface area contributed by atoms with Crippen molar-refractivity contribution >= 4 is 41.5 Å². The van der Waals surface area contributed by atoms with Crippen LogP contribution in [0.25, 0.3) is 0 Å². The maximum Gasteiger partial charge on any atom is 0.243 e. The lowest BCUT2D eigenvalue weighted by Gasteiger charge is -2.12. The number of rotatable bonds is 7. The number of benzene rings is 1. The Bertz CT molecular complexity index is 449. The van der Waals surface area contributed by atoms with E-state index in [4.69, 9.17) is 0 Å². The van der Waals surface area contributed by atoms with Gasteiger partial charge in [0.25, 0.3) is 0 Å². The number of aliphatic imine (C=N–C) groups is 1. The second kappa shape index (κ2) is 12.3. The molecule has 0 radical (unpaired) electrons. The molecular weight excluding hydrogens is 391 g/mol. The molecule has 124 valence electrons. The molecule has 0 aliphatic rings. The van der Waals surface area contributed by atoms with E-state index in [1.54, 1.807) is 7.05 Å². The van der Waals surface area contributed by atoms with Crippen LogP contribution in [0.15, 0.2) is 35.3 Å². The average molecular weight is 418 g/mol. The summed E-state index contributed by atoms with van der Waals surface area (Å²) >= 11 is 0. The van der Waals surface area contributed by atoms with E-state index in [1.807, 2.05) is 30.3 Å². The number of carbonyl (C=O) groups is 1. The number of anilines is 1. The Hall–Kier alpha value is -1.31. The van der Waals surface area contributed by atoms with Crippen molar-refractivity contribution in [1.29, 1.82) is 0 Å².